The predicted molar refractivity (Wildman–Crippen MR) is 123 cm³/mol. The molecule has 3 aromatic rings. The number of hydrogen-bond donors (Lipinski definition) is 2. The van der Waals surface area contributed by atoms with Crippen LogP contribution in [0, 0.1) is 0 Å². The summed E-state index contributed by atoms with van der Waals surface area (Å²) in [5.41, 5.74) is 5.19. The number of para-hydroxylation sites is 1. The molecule has 0 bridgehead atoms. The molecule has 13 heteroatoms. The maximum atomic E-state index is 15.3. The van der Waals surface area contributed by atoms with Crippen LogP contribution in [0.5, 0.6) is 5.75 Å². The topological polar surface area (TPSA) is 138 Å². The molecule has 2 aromatic heterocycles. The van der Waals surface area contributed by atoms with Gasteiger partial charge in [-0.05, 0) is 31.9 Å². The summed E-state index contributed by atoms with van der Waals surface area (Å²) in [4.78, 5) is 14.9. The van der Waals surface area contributed by atoms with E-state index in [0.29, 0.717) is 28.8 Å². The first-order valence-electron chi connectivity index (χ1n) is 10.9. The molecule has 5 atom stereocenters. The van der Waals surface area contributed by atoms with Gasteiger partial charge in [0.15, 0.2) is 29.4 Å². The highest BCUT2D eigenvalue weighted by atomic mass is 31.1. The predicted octanol–water partition coefficient (Wildman–Crippen LogP) is 2.48. The third-order valence-corrected chi connectivity index (χ3v) is 6.92. The zero-order valence-electron chi connectivity index (χ0n) is 18.7. The lowest BCUT2D eigenvalue weighted by molar-refractivity contribution is -0.110. The van der Waals surface area contributed by atoms with Gasteiger partial charge in [0.2, 0.25) is 5.95 Å². The van der Waals surface area contributed by atoms with E-state index in [4.69, 9.17) is 19.5 Å². The van der Waals surface area contributed by atoms with Crippen LogP contribution in [0.15, 0.2) is 36.7 Å². The van der Waals surface area contributed by atoms with Crippen molar-refractivity contribution < 1.29 is 27.8 Å². The van der Waals surface area contributed by atoms with Gasteiger partial charge in [0.1, 0.15) is 17.5 Å². The summed E-state index contributed by atoms with van der Waals surface area (Å²) in [7, 11) is -1.06. The number of ether oxygens (including phenoxy) is 1. The minimum atomic E-state index is -2.96. The molecule has 0 amide bonds. The highest BCUT2D eigenvalue weighted by Gasteiger charge is 2.54. The number of alkyl halides is 1. The number of nitrogens with two attached hydrogens (primary N) is 1. The van der Waals surface area contributed by atoms with Gasteiger partial charge in [-0.3, -0.25) is 9.09 Å². The van der Waals surface area contributed by atoms with Gasteiger partial charge in [0.25, 0.3) is 0 Å². The molecule has 2 aliphatic rings. The zero-order chi connectivity index (χ0) is 24.0. The molecular weight excluding hydrogens is 466 g/mol. The van der Waals surface area contributed by atoms with Gasteiger partial charge in [-0.1, -0.05) is 18.2 Å². The number of aliphatic hydroxyl groups is 1. The Bertz CT molecular complexity index is 1210. The zero-order valence-corrected chi connectivity index (χ0v) is 19.7. The number of aromatic nitrogens is 4. The first-order chi connectivity index (χ1) is 16.3. The van der Waals surface area contributed by atoms with Gasteiger partial charge < -0.3 is 25.0 Å². The number of hydrogen-bond acceptors (Lipinski definition) is 10. The van der Waals surface area contributed by atoms with Crippen molar-refractivity contribution >= 4 is 31.2 Å². The highest BCUT2D eigenvalue weighted by molar-refractivity contribution is 7.33. The molecule has 0 spiro atoms. The minimum Gasteiger partial charge on any atom is -0.426 e. The summed E-state index contributed by atoms with van der Waals surface area (Å²) < 4.78 is 45.4. The highest BCUT2D eigenvalue weighted by Crippen LogP contribution is 2.42. The molecule has 0 radical (unpaired) electrons. The normalized spacial score (nSPS) is 27.7. The van der Waals surface area contributed by atoms with Crippen molar-refractivity contribution in [3.63, 3.8) is 0 Å². The third kappa shape index (κ3) is 4.22. The summed E-state index contributed by atoms with van der Waals surface area (Å²) in [5, 5.41) is 10.6. The van der Waals surface area contributed by atoms with Crippen LogP contribution in [-0.4, -0.2) is 62.2 Å². The lowest BCUT2D eigenvalue weighted by Gasteiger charge is -2.26. The summed E-state index contributed by atoms with van der Waals surface area (Å²) in [6, 6.07) is 8.87. The minimum absolute atomic E-state index is 0.0217. The average molecular weight is 492 g/mol. The van der Waals surface area contributed by atoms with E-state index in [1.165, 1.54) is 17.8 Å². The van der Waals surface area contributed by atoms with E-state index < -0.39 is 32.4 Å². The largest absolute Gasteiger partial charge is 0.426 e. The Morgan fingerprint density at radius 1 is 1.35 bits per heavy atom. The lowest BCUT2D eigenvalue weighted by Crippen LogP contribution is -2.42. The number of fused-ring (bicyclic) bond motifs is 1. The van der Waals surface area contributed by atoms with Crippen LogP contribution in [-0.2, 0) is 13.8 Å². The van der Waals surface area contributed by atoms with Gasteiger partial charge in [-0.2, -0.15) is 9.97 Å². The van der Waals surface area contributed by atoms with E-state index in [1.54, 1.807) is 30.3 Å². The number of anilines is 2. The SMILES string of the molecule is CN(c1nc(N)nc2c1ncn2[C@@H]1O[C@](C)(CO[PH](=O)Oc2ccccc2)[C@@H](O)[C@H]1F)C1CC1. The quantitative estimate of drug-likeness (QED) is 0.451. The Labute approximate surface area is 195 Å². The molecule has 1 aliphatic carbocycles. The van der Waals surface area contributed by atoms with Gasteiger partial charge in [-0.25, -0.2) is 13.9 Å². The van der Waals surface area contributed by atoms with Crippen LogP contribution in [0.2, 0.25) is 0 Å². The molecule has 1 saturated heterocycles. The summed E-state index contributed by atoms with van der Waals surface area (Å²) >= 11 is 0. The van der Waals surface area contributed by atoms with E-state index in [9.17, 15) is 9.67 Å². The van der Waals surface area contributed by atoms with Crippen LogP contribution >= 0.6 is 8.25 Å². The van der Waals surface area contributed by atoms with Crippen molar-refractivity contribution in [2.24, 2.45) is 0 Å². The van der Waals surface area contributed by atoms with Crippen molar-refractivity contribution in [2.75, 3.05) is 24.3 Å². The molecule has 3 N–H and O–H groups in total. The second kappa shape index (κ2) is 8.77. The van der Waals surface area contributed by atoms with Gasteiger partial charge >= 0.3 is 8.25 Å². The Morgan fingerprint density at radius 2 is 2.09 bits per heavy atom. The second-order valence-electron chi connectivity index (χ2n) is 8.74. The summed E-state index contributed by atoms with van der Waals surface area (Å²) in [6.45, 7) is 1.13. The van der Waals surface area contributed by atoms with Crippen molar-refractivity contribution in [1.29, 1.82) is 0 Å². The first kappa shape index (κ1) is 23.0. The summed E-state index contributed by atoms with van der Waals surface area (Å²) in [5.74, 6) is 0.953. The second-order valence-corrected chi connectivity index (χ2v) is 9.73. The number of halogens is 1. The van der Waals surface area contributed by atoms with Crippen molar-refractivity contribution in [3.8, 4) is 5.75 Å². The van der Waals surface area contributed by atoms with E-state index in [2.05, 4.69) is 15.0 Å². The van der Waals surface area contributed by atoms with Crippen molar-refractivity contribution in [1.82, 2.24) is 19.5 Å². The molecule has 34 heavy (non-hydrogen) atoms. The molecule has 3 heterocycles. The summed E-state index contributed by atoms with van der Waals surface area (Å²) in [6.07, 6.45) is -1.16. The fourth-order valence-electron chi connectivity index (χ4n) is 4.03. The third-order valence-electron chi connectivity index (χ3n) is 6.13. The smallest absolute Gasteiger partial charge is 0.367 e. The van der Waals surface area contributed by atoms with Gasteiger partial charge in [-0.15, -0.1) is 0 Å². The van der Waals surface area contributed by atoms with Crippen molar-refractivity contribution in [3.05, 3.63) is 36.7 Å². The Balaban J connectivity index is 1.35. The molecule has 11 nitrogen and oxygen atoms in total. The molecule has 5 rings (SSSR count). The Morgan fingerprint density at radius 3 is 2.79 bits per heavy atom. The molecule has 2 fully saturated rings. The van der Waals surface area contributed by atoms with E-state index in [-0.39, 0.29) is 12.6 Å². The maximum absolute atomic E-state index is 15.3. The number of nitrogens with zero attached hydrogens (tertiary/aromatic N) is 5. The Hall–Kier alpha value is -2.79. The average Bonchev–Trinajstić information content (AvgIpc) is 3.55. The number of rotatable bonds is 8. The van der Waals surface area contributed by atoms with E-state index in [0.717, 1.165) is 12.8 Å². The fourth-order valence-corrected chi connectivity index (χ4v) is 4.83. The number of aliphatic hydroxyl groups excluding tert-OH is 1. The maximum Gasteiger partial charge on any atom is 0.367 e. The van der Waals surface area contributed by atoms with Crippen LogP contribution < -0.4 is 15.2 Å². The number of benzene rings is 1. The fraction of sp³-hybridized carbons (Fsp3) is 0.476. The van der Waals surface area contributed by atoms with Crippen LogP contribution in [0.4, 0.5) is 16.2 Å². The van der Waals surface area contributed by atoms with Crippen LogP contribution in [0.25, 0.3) is 11.2 Å². The lowest BCUT2D eigenvalue weighted by atomic mass is 9.99. The van der Waals surface area contributed by atoms with Crippen molar-refractivity contribution in [2.45, 2.75) is 49.9 Å². The van der Waals surface area contributed by atoms with Crippen LogP contribution in [0.3, 0.4) is 0 Å². The molecule has 1 aliphatic heterocycles. The molecule has 1 unspecified atom stereocenters. The first-order valence-corrected chi connectivity index (χ1v) is 12.1. The van der Waals surface area contributed by atoms with Crippen LogP contribution in [0.1, 0.15) is 26.0 Å². The molecule has 1 saturated carbocycles. The van der Waals surface area contributed by atoms with Gasteiger partial charge in [0.05, 0.1) is 12.9 Å². The van der Waals surface area contributed by atoms with E-state index in [1.807, 2.05) is 11.9 Å². The molecular formula is C21H26FN6O5P. The molecule has 1 aromatic carbocycles. The number of nitrogen functional groups attached to an aromatic ring is 1. The van der Waals surface area contributed by atoms with Gasteiger partial charge in [0, 0.05) is 13.1 Å². The van der Waals surface area contributed by atoms with E-state index >= 15 is 4.39 Å². The molecule has 182 valence electrons. The monoisotopic (exact) mass is 492 g/mol. The standard InChI is InChI=1S/C21H26FN6O5P/c1-21(10-31-34(30)33-13-6-4-3-5-7-13)16(29)14(22)19(32-21)28-11-24-15-17(27(2)12-8-9-12)25-20(23)26-18(15)28/h3-7,11-12,14,16,19,29,34H,8-10H2,1-2H3,(H2,23,25,26)/t14-,16+,19-,21-/m1/s1. The number of imidazole rings is 1. The Kier molecular flexibility index (Phi) is 5.93.